The highest BCUT2D eigenvalue weighted by Crippen LogP contribution is 2.40. The van der Waals surface area contributed by atoms with Crippen LogP contribution in [0.15, 0.2) is 41.8 Å². The van der Waals surface area contributed by atoms with Crippen LogP contribution in [0.25, 0.3) is 0 Å². The molecular weight excluding hydrogens is 442 g/mol. The summed E-state index contributed by atoms with van der Waals surface area (Å²) in [6, 6.07) is 4.94. The number of hydroxylamine groups is 2. The van der Waals surface area contributed by atoms with Crippen LogP contribution in [0.5, 0.6) is 0 Å². The van der Waals surface area contributed by atoms with Crippen LogP contribution in [0.3, 0.4) is 0 Å². The fourth-order valence-corrected chi connectivity index (χ4v) is 7.54. The fraction of sp³-hybridized carbons (Fsp3) is 0.667. The lowest BCUT2D eigenvalue weighted by Gasteiger charge is -2.51. The lowest BCUT2D eigenvalue weighted by molar-refractivity contribution is -0.387. The minimum atomic E-state index is -4.09. The van der Waals surface area contributed by atoms with Crippen LogP contribution in [-0.2, 0) is 14.9 Å². The molecule has 0 spiro atoms. The Kier molecular flexibility index (Phi) is 7.68. The molecule has 0 saturated carbocycles. The summed E-state index contributed by atoms with van der Waals surface area (Å²) in [6.07, 6.45) is 7.53. The van der Waals surface area contributed by atoms with Crippen LogP contribution in [0, 0.1) is 10.1 Å². The molecule has 2 heterocycles. The Hall–Kier alpha value is -1.81. The normalized spacial score (nSPS) is 25.7. The zero-order valence-electron chi connectivity index (χ0n) is 20.2. The Morgan fingerprint density at radius 1 is 1.15 bits per heavy atom. The van der Waals surface area contributed by atoms with Crippen molar-refractivity contribution in [3.63, 3.8) is 0 Å². The number of rotatable bonds is 9. The van der Waals surface area contributed by atoms with Gasteiger partial charge in [-0.3, -0.25) is 15.0 Å². The van der Waals surface area contributed by atoms with Gasteiger partial charge in [-0.15, -0.1) is 6.58 Å². The van der Waals surface area contributed by atoms with E-state index >= 15 is 0 Å². The summed E-state index contributed by atoms with van der Waals surface area (Å²) in [6.45, 7) is 12.6. The molecule has 2 saturated heterocycles. The molecule has 0 aliphatic carbocycles. The number of nitro groups is 1. The number of hydrogen-bond acceptors (Lipinski definition) is 6. The molecule has 1 aromatic rings. The molecule has 33 heavy (non-hydrogen) atoms. The summed E-state index contributed by atoms with van der Waals surface area (Å²) in [5, 5.41) is 13.6. The minimum Gasteiger partial charge on any atom is -0.296 e. The number of benzene rings is 1. The van der Waals surface area contributed by atoms with Gasteiger partial charge in [0.1, 0.15) is 0 Å². The van der Waals surface area contributed by atoms with Crippen molar-refractivity contribution in [2.24, 2.45) is 0 Å². The lowest BCUT2D eigenvalue weighted by atomic mass is 9.82. The molecule has 0 radical (unpaired) electrons. The van der Waals surface area contributed by atoms with Crippen LogP contribution in [0.4, 0.5) is 5.69 Å². The van der Waals surface area contributed by atoms with Crippen molar-refractivity contribution in [2.45, 2.75) is 101 Å². The highest BCUT2D eigenvalue weighted by Gasteiger charge is 2.47. The predicted octanol–water partition coefficient (Wildman–Crippen LogP) is 5.06. The second-order valence-corrected chi connectivity index (χ2v) is 12.2. The maximum atomic E-state index is 13.8. The molecule has 2 aliphatic rings. The molecule has 1 aromatic carbocycles. The molecule has 3 rings (SSSR count). The summed E-state index contributed by atoms with van der Waals surface area (Å²) < 4.78 is 29.0. The van der Waals surface area contributed by atoms with Crippen molar-refractivity contribution in [2.75, 3.05) is 6.61 Å². The first-order valence-electron chi connectivity index (χ1n) is 11.7. The average Bonchev–Trinajstić information content (AvgIpc) is 3.14. The van der Waals surface area contributed by atoms with Crippen LogP contribution < -0.4 is 0 Å². The van der Waals surface area contributed by atoms with E-state index in [0.29, 0.717) is 25.7 Å². The maximum Gasteiger partial charge on any atom is 0.289 e. The van der Waals surface area contributed by atoms with Crippen molar-refractivity contribution >= 4 is 15.7 Å². The van der Waals surface area contributed by atoms with Gasteiger partial charge in [0.05, 0.1) is 17.6 Å². The van der Waals surface area contributed by atoms with Crippen molar-refractivity contribution in [3.05, 3.63) is 47.0 Å². The van der Waals surface area contributed by atoms with Crippen LogP contribution >= 0.6 is 0 Å². The quantitative estimate of drug-likeness (QED) is 0.279. The molecule has 184 valence electrons. The first-order chi connectivity index (χ1) is 15.4. The molecule has 8 nitrogen and oxygen atoms in total. The summed E-state index contributed by atoms with van der Waals surface area (Å²) in [7, 11) is -4.09. The predicted molar refractivity (Wildman–Crippen MR) is 128 cm³/mol. The van der Waals surface area contributed by atoms with E-state index in [1.807, 2.05) is 5.06 Å². The van der Waals surface area contributed by atoms with Crippen LogP contribution in [0.2, 0.25) is 0 Å². The van der Waals surface area contributed by atoms with Gasteiger partial charge in [0.2, 0.25) is 10.0 Å². The average molecular weight is 480 g/mol. The molecule has 0 unspecified atom stereocenters. The third kappa shape index (κ3) is 5.31. The lowest BCUT2D eigenvalue weighted by Crippen LogP contribution is -2.59. The number of sulfonamides is 1. The molecule has 2 aliphatic heterocycles. The Morgan fingerprint density at radius 3 is 2.36 bits per heavy atom. The molecule has 2 fully saturated rings. The van der Waals surface area contributed by atoms with E-state index in [9.17, 15) is 18.5 Å². The molecule has 9 heteroatoms. The van der Waals surface area contributed by atoms with Gasteiger partial charge in [0, 0.05) is 23.2 Å². The number of para-hydroxylation sites is 1. The number of hydrogen-bond donors (Lipinski definition) is 0. The van der Waals surface area contributed by atoms with Gasteiger partial charge in [0.25, 0.3) is 5.69 Å². The number of allylic oxidation sites excluding steroid dienone is 1. The summed E-state index contributed by atoms with van der Waals surface area (Å²) >= 11 is 0. The van der Waals surface area contributed by atoms with Crippen LogP contribution in [0.1, 0.15) is 72.6 Å². The van der Waals surface area contributed by atoms with E-state index in [2.05, 4.69) is 34.3 Å². The first-order valence-corrected chi connectivity index (χ1v) is 13.2. The summed E-state index contributed by atoms with van der Waals surface area (Å²) in [5.41, 5.74) is -0.723. The first kappa shape index (κ1) is 25.8. The van der Waals surface area contributed by atoms with Crippen molar-refractivity contribution in [1.29, 1.82) is 0 Å². The van der Waals surface area contributed by atoms with Gasteiger partial charge in [-0.2, -0.15) is 9.37 Å². The smallest absolute Gasteiger partial charge is 0.289 e. The molecule has 0 N–H and O–H groups in total. The monoisotopic (exact) mass is 479 g/mol. The van der Waals surface area contributed by atoms with Crippen molar-refractivity contribution in [1.82, 2.24) is 9.37 Å². The van der Waals surface area contributed by atoms with Crippen molar-refractivity contribution in [3.8, 4) is 0 Å². The second kappa shape index (κ2) is 9.82. The third-order valence-electron chi connectivity index (χ3n) is 6.95. The van der Waals surface area contributed by atoms with Crippen LogP contribution in [-0.4, -0.2) is 52.5 Å². The Bertz CT molecular complexity index is 960. The van der Waals surface area contributed by atoms with E-state index in [-0.39, 0.29) is 28.6 Å². The van der Waals surface area contributed by atoms with Gasteiger partial charge in [0.15, 0.2) is 4.90 Å². The number of piperidine rings is 1. The second-order valence-electron chi connectivity index (χ2n) is 10.4. The summed E-state index contributed by atoms with van der Waals surface area (Å²) in [5.74, 6) is 0. The van der Waals surface area contributed by atoms with Gasteiger partial charge in [-0.25, -0.2) is 8.42 Å². The SMILES string of the molecule is C=CCC[C@H]1CC[C@@H](CON2C(C)(C)CCCC2(C)C)N1S(=O)(=O)c1ccccc1[N+](=O)[O-]. The zero-order valence-corrected chi connectivity index (χ0v) is 21.0. The third-order valence-corrected chi connectivity index (χ3v) is 9.00. The van der Waals surface area contributed by atoms with Gasteiger partial charge < -0.3 is 0 Å². The van der Waals surface area contributed by atoms with Gasteiger partial charge in [-0.1, -0.05) is 18.2 Å². The molecule has 0 bridgehead atoms. The Balaban J connectivity index is 1.92. The summed E-state index contributed by atoms with van der Waals surface area (Å²) in [4.78, 5) is 17.0. The van der Waals surface area contributed by atoms with E-state index in [1.54, 1.807) is 6.08 Å². The van der Waals surface area contributed by atoms with E-state index < -0.39 is 26.7 Å². The van der Waals surface area contributed by atoms with Gasteiger partial charge in [-0.05, 0) is 78.7 Å². The van der Waals surface area contributed by atoms with E-state index in [4.69, 9.17) is 4.84 Å². The fourth-order valence-electron chi connectivity index (χ4n) is 5.49. The highest BCUT2D eigenvalue weighted by atomic mass is 32.2. The zero-order chi connectivity index (χ0) is 24.4. The molecule has 0 amide bonds. The number of nitro benzene ring substituents is 1. The topological polar surface area (TPSA) is 93.0 Å². The van der Waals surface area contributed by atoms with Crippen molar-refractivity contribution < 1.29 is 18.2 Å². The standard InChI is InChI=1S/C24H37N3O5S/c1-6-7-11-19-14-15-20(18-32-27-23(2,3)16-10-17-24(27,4)5)25(19)33(30,31)22-13-9-8-12-21(22)26(28)29/h6,8-9,12-13,19-20H,1,7,10-11,14-18H2,2-5H3/t19-,20-/m0/s1. The van der Waals surface area contributed by atoms with E-state index in [0.717, 1.165) is 19.3 Å². The van der Waals surface area contributed by atoms with Gasteiger partial charge >= 0.3 is 0 Å². The largest absolute Gasteiger partial charge is 0.296 e. The number of nitrogens with zero attached hydrogens (tertiary/aromatic N) is 3. The minimum absolute atomic E-state index is 0.162. The highest BCUT2D eigenvalue weighted by molar-refractivity contribution is 7.89. The Labute approximate surface area is 197 Å². The molecule has 2 atom stereocenters. The molecular formula is C24H37N3O5S. The molecule has 0 aromatic heterocycles. The maximum absolute atomic E-state index is 13.8. The van der Waals surface area contributed by atoms with E-state index in [1.165, 1.54) is 28.6 Å². The Morgan fingerprint density at radius 2 is 1.76 bits per heavy atom.